The summed E-state index contributed by atoms with van der Waals surface area (Å²) in [7, 11) is 1.58. The normalized spacial score (nSPS) is 11.7. The van der Waals surface area contributed by atoms with E-state index < -0.39 is 0 Å². The van der Waals surface area contributed by atoms with Gasteiger partial charge in [-0.3, -0.25) is 4.79 Å². The molecule has 3 heteroatoms. The Labute approximate surface area is 61.0 Å². The molecule has 0 aromatic rings. The number of rotatable bonds is 3. The molecule has 0 spiro atoms. The average molecular weight is 140 g/mol. The summed E-state index contributed by atoms with van der Waals surface area (Å²) < 4.78 is 0. The van der Waals surface area contributed by atoms with Gasteiger partial charge in [-0.05, 0) is 6.42 Å². The summed E-state index contributed by atoms with van der Waals surface area (Å²) in [6.45, 7) is 1.90. The quantitative estimate of drug-likeness (QED) is 0.626. The molecule has 10 heavy (non-hydrogen) atoms. The van der Waals surface area contributed by atoms with Gasteiger partial charge in [-0.15, -0.1) is 0 Å². The number of nitrogens with one attached hydrogen (secondary N) is 1. The zero-order chi connectivity index (χ0) is 7.98. The SMILES string of the molecule is CCC(C#N)CC(=O)NC. The van der Waals surface area contributed by atoms with E-state index in [1.807, 2.05) is 6.92 Å². The van der Waals surface area contributed by atoms with Crippen molar-refractivity contribution >= 4 is 5.91 Å². The Hall–Kier alpha value is -1.04. The van der Waals surface area contributed by atoms with Gasteiger partial charge in [0.05, 0.1) is 12.0 Å². The molecule has 0 saturated carbocycles. The van der Waals surface area contributed by atoms with Crippen LogP contribution in [0, 0.1) is 17.2 Å². The highest BCUT2D eigenvalue weighted by atomic mass is 16.1. The van der Waals surface area contributed by atoms with Crippen molar-refractivity contribution in [3.05, 3.63) is 0 Å². The molecule has 3 nitrogen and oxygen atoms in total. The smallest absolute Gasteiger partial charge is 0.221 e. The molecular weight excluding hydrogens is 128 g/mol. The van der Waals surface area contributed by atoms with Gasteiger partial charge in [0.1, 0.15) is 0 Å². The number of hydrogen-bond donors (Lipinski definition) is 1. The fraction of sp³-hybridized carbons (Fsp3) is 0.714. The first-order valence-electron chi connectivity index (χ1n) is 3.34. The van der Waals surface area contributed by atoms with Crippen LogP contribution in [-0.2, 0) is 4.79 Å². The van der Waals surface area contributed by atoms with Crippen molar-refractivity contribution in [2.75, 3.05) is 7.05 Å². The van der Waals surface area contributed by atoms with E-state index in [1.165, 1.54) is 0 Å². The van der Waals surface area contributed by atoms with Crippen LogP contribution < -0.4 is 5.32 Å². The number of nitriles is 1. The lowest BCUT2D eigenvalue weighted by atomic mass is 10.0. The Balaban J connectivity index is 3.66. The van der Waals surface area contributed by atoms with Gasteiger partial charge < -0.3 is 5.32 Å². The maximum absolute atomic E-state index is 10.7. The largest absolute Gasteiger partial charge is 0.359 e. The molecule has 0 aliphatic rings. The van der Waals surface area contributed by atoms with Gasteiger partial charge in [0.2, 0.25) is 5.91 Å². The fourth-order valence-corrected chi connectivity index (χ4v) is 0.607. The molecule has 0 aliphatic carbocycles. The van der Waals surface area contributed by atoms with Crippen molar-refractivity contribution in [1.82, 2.24) is 5.32 Å². The number of nitrogens with zero attached hydrogens (tertiary/aromatic N) is 1. The van der Waals surface area contributed by atoms with Gasteiger partial charge in [-0.25, -0.2) is 0 Å². The third-order valence-electron chi connectivity index (χ3n) is 1.39. The Morgan fingerprint density at radius 1 is 1.80 bits per heavy atom. The molecule has 0 saturated heterocycles. The molecule has 0 rings (SSSR count). The van der Waals surface area contributed by atoms with Crippen molar-refractivity contribution in [3.8, 4) is 6.07 Å². The van der Waals surface area contributed by atoms with Gasteiger partial charge in [-0.1, -0.05) is 6.92 Å². The molecule has 0 bridgehead atoms. The average Bonchev–Trinajstić information content (AvgIpc) is 1.99. The van der Waals surface area contributed by atoms with E-state index in [9.17, 15) is 4.79 Å². The van der Waals surface area contributed by atoms with E-state index in [0.29, 0.717) is 6.42 Å². The Bertz CT molecular complexity index is 148. The first kappa shape index (κ1) is 8.96. The second kappa shape index (κ2) is 4.80. The van der Waals surface area contributed by atoms with E-state index in [-0.39, 0.29) is 11.8 Å². The van der Waals surface area contributed by atoms with E-state index in [1.54, 1.807) is 7.05 Å². The maximum Gasteiger partial charge on any atom is 0.221 e. The lowest BCUT2D eigenvalue weighted by Crippen LogP contribution is -2.20. The van der Waals surface area contributed by atoms with Crippen LogP contribution in [0.15, 0.2) is 0 Å². The number of amides is 1. The zero-order valence-electron chi connectivity index (χ0n) is 6.35. The second-order valence-corrected chi connectivity index (χ2v) is 2.11. The van der Waals surface area contributed by atoms with E-state index in [4.69, 9.17) is 5.26 Å². The minimum atomic E-state index is -0.125. The third-order valence-corrected chi connectivity index (χ3v) is 1.39. The third kappa shape index (κ3) is 3.08. The van der Waals surface area contributed by atoms with Crippen molar-refractivity contribution in [3.63, 3.8) is 0 Å². The van der Waals surface area contributed by atoms with Crippen molar-refractivity contribution in [2.45, 2.75) is 19.8 Å². The fourth-order valence-electron chi connectivity index (χ4n) is 0.607. The summed E-state index contributed by atoms with van der Waals surface area (Å²) in [5.74, 6) is -0.187. The number of hydrogen-bond acceptors (Lipinski definition) is 2. The zero-order valence-corrected chi connectivity index (χ0v) is 6.35. The molecule has 0 fully saturated rings. The minimum Gasteiger partial charge on any atom is -0.359 e. The van der Waals surface area contributed by atoms with Crippen LogP contribution in [0.25, 0.3) is 0 Å². The predicted octanol–water partition coefficient (Wildman–Crippen LogP) is 0.672. The van der Waals surface area contributed by atoms with Gasteiger partial charge in [-0.2, -0.15) is 5.26 Å². The van der Waals surface area contributed by atoms with Crippen molar-refractivity contribution in [2.24, 2.45) is 5.92 Å². The molecule has 0 aliphatic heterocycles. The second-order valence-electron chi connectivity index (χ2n) is 2.11. The molecule has 1 atom stereocenters. The first-order chi connectivity index (χ1) is 4.74. The highest BCUT2D eigenvalue weighted by Crippen LogP contribution is 2.04. The Morgan fingerprint density at radius 3 is 2.70 bits per heavy atom. The van der Waals surface area contributed by atoms with Crippen LogP contribution in [0.2, 0.25) is 0 Å². The lowest BCUT2D eigenvalue weighted by Gasteiger charge is -2.02. The summed E-state index contributed by atoms with van der Waals surface area (Å²) in [6.07, 6.45) is 1.06. The van der Waals surface area contributed by atoms with E-state index in [2.05, 4.69) is 11.4 Å². The van der Waals surface area contributed by atoms with E-state index in [0.717, 1.165) is 6.42 Å². The molecule has 1 N–H and O–H groups in total. The molecule has 56 valence electrons. The number of carbonyl (C=O) groups excluding carboxylic acids is 1. The predicted molar refractivity (Wildman–Crippen MR) is 38.1 cm³/mol. The molecule has 0 radical (unpaired) electrons. The molecule has 1 unspecified atom stereocenters. The van der Waals surface area contributed by atoms with Crippen LogP contribution >= 0.6 is 0 Å². The van der Waals surface area contributed by atoms with Gasteiger partial charge in [0.15, 0.2) is 0 Å². The topological polar surface area (TPSA) is 52.9 Å². The van der Waals surface area contributed by atoms with Crippen LogP contribution in [-0.4, -0.2) is 13.0 Å². The van der Waals surface area contributed by atoms with Crippen molar-refractivity contribution < 1.29 is 4.79 Å². The Morgan fingerprint density at radius 2 is 2.40 bits per heavy atom. The molecule has 0 aromatic carbocycles. The molecule has 0 aromatic heterocycles. The van der Waals surface area contributed by atoms with Gasteiger partial charge in [0.25, 0.3) is 0 Å². The van der Waals surface area contributed by atoms with E-state index >= 15 is 0 Å². The molecular formula is C7H12N2O. The molecule has 1 amide bonds. The standard InChI is InChI=1S/C7H12N2O/c1-3-6(5-8)4-7(10)9-2/h6H,3-4H2,1-2H3,(H,9,10). The molecule has 0 heterocycles. The van der Waals surface area contributed by atoms with Crippen molar-refractivity contribution in [1.29, 1.82) is 5.26 Å². The van der Waals surface area contributed by atoms with Crippen LogP contribution in [0.4, 0.5) is 0 Å². The van der Waals surface area contributed by atoms with Gasteiger partial charge in [0, 0.05) is 13.5 Å². The van der Waals surface area contributed by atoms with Gasteiger partial charge >= 0.3 is 0 Å². The summed E-state index contributed by atoms with van der Waals surface area (Å²) in [6, 6.07) is 2.06. The maximum atomic E-state index is 10.7. The highest BCUT2D eigenvalue weighted by Gasteiger charge is 2.08. The monoisotopic (exact) mass is 140 g/mol. The summed E-state index contributed by atoms with van der Waals surface area (Å²) in [4.78, 5) is 10.7. The summed E-state index contributed by atoms with van der Waals surface area (Å²) in [5.41, 5.74) is 0. The van der Waals surface area contributed by atoms with Crippen LogP contribution in [0.1, 0.15) is 19.8 Å². The first-order valence-corrected chi connectivity index (χ1v) is 3.34. The minimum absolute atomic E-state index is 0.0617. The van der Waals surface area contributed by atoms with Crippen LogP contribution in [0.5, 0.6) is 0 Å². The summed E-state index contributed by atoms with van der Waals surface area (Å²) >= 11 is 0. The highest BCUT2D eigenvalue weighted by molar-refractivity contribution is 5.76. The Kier molecular flexibility index (Phi) is 4.30. The van der Waals surface area contributed by atoms with Crippen LogP contribution in [0.3, 0.4) is 0 Å². The lowest BCUT2D eigenvalue weighted by molar-refractivity contribution is -0.121. The number of carbonyl (C=O) groups is 1. The summed E-state index contributed by atoms with van der Waals surface area (Å²) in [5, 5.41) is 10.9.